The van der Waals surface area contributed by atoms with E-state index in [-0.39, 0.29) is 12.2 Å². The molecule has 1 saturated heterocycles. The van der Waals surface area contributed by atoms with Crippen molar-refractivity contribution in [1.82, 2.24) is 4.90 Å². The van der Waals surface area contributed by atoms with Crippen LogP contribution in [-0.2, 0) is 19.1 Å². The van der Waals surface area contributed by atoms with Gasteiger partial charge in [0.15, 0.2) is 0 Å². The number of carbonyl (C=O) groups is 3. The number of carboxylic acids is 3. The fourth-order valence-electron chi connectivity index (χ4n) is 4.29. The minimum atomic E-state index is -1.26. The molecule has 0 spiro atoms. The summed E-state index contributed by atoms with van der Waals surface area (Å²) in [6.45, 7) is 5.38. The zero-order chi connectivity index (χ0) is 27.8. The Morgan fingerprint density at radius 2 is 1.39 bits per heavy atom. The van der Waals surface area contributed by atoms with Gasteiger partial charge in [-0.3, -0.25) is 4.79 Å². The van der Waals surface area contributed by atoms with Crippen LogP contribution in [0.1, 0.15) is 67.7 Å². The quantitative estimate of drug-likeness (QED) is 0.237. The molecule has 2 aromatic carbocycles. The van der Waals surface area contributed by atoms with Crippen LogP contribution in [0.2, 0.25) is 0 Å². The van der Waals surface area contributed by atoms with E-state index in [2.05, 4.69) is 66.4 Å². The van der Waals surface area contributed by atoms with Gasteiger partial charge in [0, 0.05) is 31.7 Å². The maximum atomic E-state index is 10.6. The van der Waals surface area contributed by atoms with E-state index in [9.17, 15) is 14.4 Å². The lowest BCUT2D eigenvalue weighted by molar-refractivity contribution is -0.137. The molecular weight excluding hydrogens is 486 g/mol. The second kappa shape index (κ2) is 17.1. The molecule has 0 bridgehead atoms. The molecule has 2 aromatic rings. The Kier molecular flexibility index (Phi) is 13.8. The van der Waals surface area contributed by atoms with E-state index in [1.165, 1.54) is 16.7 Å². The van der Waals surface area contributed by atoms with E-state index in [1.807, 2.05) is 0 Å². The third kappa shape index (κ3) is 12.7. The molecule has 8 heteroatoms. The number of carboxylic acid groups (broad SMARTS) is 3. The van der Waals surface area contributed by atoms with Gasteiger partial charge in [-0.05, 0) is 50.3 Å². The molecule has 3 N–H and O–H groups in total. The van der Waals surface area contributed by atoms with Gasteiger partial charge in [-0.2, -0.15) is 0 Å². The topological polar surface area (TPSA) is 124 Å². The lowest BCUT2D eigenvalue weighted by Crippen LogP contribution is -2.38. The number of likely N-dealkylation sites (tertiary alicyclic amines) is 1. The van der Waals surface area contributed by atoms with Crippen LogP contribution in [0.4, 0.5) is 0 Å². The van der Waals surface area contributed by atoms with Gasteiger partial charge in [-0.1, -0.05) is 73.0 Å². The first-order chi connectivity index (χ1) is 18.2. The molecule has 1 aliphatic heterocycles. The molecule has 1 unspecified atom stereocenters. The van der Waals surface area contributed by atoms with E-state index in [0.717, 1.165) is 58.2 Å². The lowest BCUT2D eigenvalue weighted by Gasteiger charge is -2.34. The van der Waals surface area contributed by atoms with Crippen molar-refractivity contribution in [3.63, 3.8) is 0 Å². The van der Waals surface area contributed by atoms with Crippen molar-refractivity contribution in [3.05, 3.63) is 83.4 Å². The highest BCUT2D eigenvalue weighted by atomic mass is 16.5. The Morgan fingerprint density at radius 3 is 1.95 bits per heavy atom. The van der Waals surface area contributed by atoms with Gasteiger partial charge >= 0.3 is 17.9 Å². The summed E-state index contributed by atoms with van der Waals surface area (Å²) in [7, 11) is 0. The van der Waals surface area contributed by atoms with Crippen LogP contribution in [0, 0.1) is 6.92 Å². The predicted molar refractivity (Wildman–Crippen MR) is 145 cm³/mol. The first-order valence-corrected chi connectivity index (χ1v) is 13.1. The normalized spacial score (nSPS) is 15.0. The van der Waals surface area contributed by atoms with Crippen molar-refractivity contribution in [2.24, 2.45) is 0 Å². The van der Waals surface area contributed by atoms with E-state index in [1.54, 1.807) is 0 Å². The van der Waals surface area contributed by atoms with E-state index < -0.39 is 17.9 Å². The number of benzene rings is 2. The van der Waals surface area contributed by atoms with Crippen molar-refractivity contribution in [2.75, 3.05) is 19.6 Å². The van der Waals surface area contributed by atoms with Crippen LogP contribution >= 0.6 is 0 Å². The maximum absolute atomic E-state index is 10.6. The van der Waals surface area contributed by atoms with Gasteiger partial charge in [0.1, 0.15) is 6.10 Å². The van der Waals surface area contributed by atoms with Gasteiger partial charge in [0.2, 0.25) is 0 Å². The summed E-state index contributed by atoms with van der Waals surface area (Å²) in [4.78, 5) is 32.2. The van der Waals surface area contributed by atoms with Crippen molar-refractivity contribution in [1.29, 1.82) is 0 Å². The average molecular weight is 526 g/mol. The zero-order valence-corrected chi connectivity index (χ0v) is 22.0. The predicted octanol–water partition coefficient (Wildman–Crippen LogP) is 5.31. The Hall–Kier alpha value is -3.49. The molecule has 206 valence electrons. The summed E-state index contributed by atoms with van der Waals surface area (Å²) in [5.41, 5.74) is 3.70. The molecule has 1 heterocycles. The zero-order valence-electron chi connectivity index (χ0n) is 22.0. The first-order valence-electron chi connectivity index (χ1n) is 13.1. The molecule has 0 aliphatic carbocycles. The second-order valence-electron chi connectivity index (χ2n) is 9.45. The maximum Gasteiger partial charge on any atom is 0.328 e. The second-order valence-corrected chi connectivity index (χ2v) is 9.45. The fraction of sp³-hybridized carbons (Fsp3) is 0.433. The van der Waals surface area contributed by atoms with E-state index in [0.29, 0.717) is 18.6 Å². The Labute approximate surface area is 224 Å². The Balaban J connectivity index is 0.000000550. The summed E-state index contributed by atoms with van der Waals surface area (Å²) < 4.78 is 6.65. The van der Waals surface area contributed by atoms with Crippen molar-refractivity contribution in [2.45, 2.75) is 64.1 Å². The molecule has 8 nitrogen and oxygen atoms in total. The van der Waals surface area contributed by atoms with Crippen LogP contribution in [0.5, 0.6) is 0 Å². The molecule has 1 atom stereocenters. The summed E-state index contributed by atoms with van der Waals surface area (Å²) in [6, 6.07) is 19.2. The van der Waals surface area contributed by atoms with Crippen LogP contribution < -0.4 is 0 Å². The van der Waals surface area contributed by atoms with Crippen LogP contribution in [-0.4, -0.2) is 63.9 Å². The molecule has 1 aliphatic rings. The van der Waals surface area contributed by atoms with Crippen LogP contribution in [0.15, 0.2) is 66.7 Å². The standard InChI is InChI=1S/C26H35NO3.C4H4O4/c1-21-12-14-23(15-13-21)26(22-9-5-4-6-10-22)30-24-16-19-27(20-17-24)18-8-3-2-7-11-25(28)29;5-3(6)1-2-4(7)8/h4-6,9-10,12-15,24,26H,2-3,7-8,11,16-20H2,1H3,(H,28,29);1-2H,(H,5,6)(H,7,8). The number of ether oxygens (including phenoxy) is 1. The number of hydrogen-bond donors (Lipinski definition) is 3. The van der Waals surface area contributed by atoms with Crippen molar-refractivity contribution in [3.8, 4) is 0 Å². The third-order valence-electron chi connectivity index (χ3n) is 6.33. The van der Waals surface area contributed by atoms with Crippen LogP contribution in [0.25, 0.3) is 0 Å². The highest BCUT2D eigenvalue weighted by molar-refractivity contribution is 5.89. The summed E-state index contributed by atoms with van der Waals surface area (Å²) in [6.07, 6.45) is 7.89. The number of unbranched alkanes of at least 4 members (excludes halogenated alkanes) is 3. The smallest absolute Gasteiger partial charge is 0.328 e. The van der Waals surface area contributed by atoms with Gasteiger partial charge in [-0.15, -0.1) is 0 Å². The minimum Gasteiger partial charge on any atom is -0.481 e. The fourth-order valence-corrected chi connectivity index (χ4v) is 4.29. The number of aliphatic carboxylic acids is 3. The largest absolute Gasteiger partial charge is 0.481 e. The molecule has 3 rings (SSSR count). The number of piperidine rings is 1. The number of nitrogens with zero attached hydrogens (tertiary/aromatic N) is 1. The van der Waals surface area contributed by atoms with Gasteiger partial charge in [-0.25, -0.2) is 9.59 Å². The van der Waals surface area contributed by atoms with Crippen molar-refractivity contribution < 1.29 is 34.4 Å². The lowest BCUT2D eigenvalue weighted by atomic mass is 9.99. The molecule has 0 radical (unpaired) electrons. The summed E-state index contributed by atoms with van der Waals surface area (Å²) >= 11 is 0. The van der Waals surface area contributed by atoms with Crippen LogP contribution in [0.3, 0.4) is 0 Å². The first kappa shape index (κ1) is 30.7. The third-order valence-corrected chi connectivity index (χ3v) is 6.33. The number of hydrogen-bond acceptors (Lipinski definition) is 5. The SMILES string of the molecule is Cc1ccc(C(OC2CCN(CCCCCCC(=O)O)CC2)c2ccccc2)cc1.O=C(O)C=CC(=O)O. The Morgan fingerprint density at radius 1 is 0.842 bits per heavy atom. The van der Waals surface area contributed by atoms with Gasteiger partial charge in [0.05, 0.1) is 6.10 Å². The van der Waals surface area contributed by atoms with E-state index >= 15 is 0 Å². The molecule has 1 fully saturated rings. The van der Waals surface area contributed by atoms with Crippen molar-refractivity contribution >= 4 is 17.9 Å². The number of rotatable bonds is 13. The highest BCUT2D eigenvalue weighted by Gasteiger charge is 2.24. The monoisotopic (exact) mass is 525 g/mol. The Bertz CT molecular complexity index is 997. The van der Waals surface area contributed by atoms with E-state index in [4.69, 9.17) is 20.1 Å². The summed E-state index contributed by atoms with van der Waals surface area (Å²) in [5.74, 6) is -3.20. The summed E-state index contributed by atoms with van der Waals surface area (Å²) in [5, 5.41) is 24.3. The molecular formula is C30H39NO7. The number of aryl methyl sites for hydroxylation is 1. The average Bonchev–Trinajstić information content (AvgIpc) is 2.90. The minimum absolute atomic E-state index is 0.0161. The van der Waals surface area contributed by atoms with Gasteiger partial charge < -0.3 is 25.0 Å². The van der Waals surface area contributed by atoms with Gasteiger partial charge in [0.25, 0.3) is 0 Å². The molecule has 38 heavy (non-hydrogen) atoms. The molecule has 0 aromatic heterocycles. The molecule has 0 amide bonds. The highest BCUT2D eigenvalue weighted by Crippen LogP contribution is 2.30. The molecule has 0 saturated carbocycles.